The van der Waals surface area contributed by atoms with Gasteiger partial charge in [0, 0.05) is 18.8 Å². The molecule has 1 aromatic rings. The summed E-state index contributed by atoms with van der Waals surface area (Å²) in [6, 6.07) is -0.420. The predicted octanol–water partition coefficient (Wildman–Crippen LogP) is 1.29. The summed E-state index contributed by atoms with van der Waals surface area (Å²) < 4.78 is 1.79. The fourth-order valence-electron chi connectivity index (χ4n) is 4.58. The molecule has 2 N–H and O–H groups in total. The molecule has 148 valence electrons. The van der Waals surface area contributed by atoms with E-state index in [1.54, 1.807) is 4.68 Å². The second kappa shape index (κ2) is 7.32. The van der Waals surface area contributed by atoms with Gasteiger partial charge in [0.05, 0.1) is 5.69 Å². The van der Waals surface area contributed by atoms with E-state index < -0.39 is 11.6 Å². The molecule has 8 heteroatoms. The van der Waals surface area contributed by atoms with Crippen molar-refractivity contribution < 1.29 is 14.4 Å². The number of carbonyl (C=O) groups excluding carboxylic acids is 3. The molecule has 2 aliphatic rings. The number of nitrogens with one attached hydrogen (secondary N) is 2. The summed E-state index contributed by atoms with van der Waals surface area (Å²) >= 11 is 0. The summed E-state index contributed by atoms with van der Waals surface area (Å²) in [7, 11) is 0. The standard InChI is InChI=1S/C19H29N5O3/c1-5-15-12(3)22-24(13(15)4)11-16(25)23-9-7-14(8-10-23)19(6-2)17(26)20-18(27)21-19/h14H,5-11H2,1-4H3,(H2,20,21,26,27)/t19-/m1/s1. The minimum absolute atomic E-state index is 0.0402. The van der Waals surface area contributed by atoms with Gasteiger partial charge >= 0.3 is 6.03 Å². The lowest BCUT2D eigenvalue weighted by Crippen LogP contribution is -2.56. The number of piperidine rings is 1. The van der Waals surface area contributed by atoms with Gasteiger partial charge in [-0.25, -0.2) is 4.79 Å². The van der Waals surface area contributed by atoms with E-state index in [9.17, 15) is 14.4 Å². The quantitative estimate of drug-likeness (QED) is 0.758. The van der Waals surface area contributed by atoms with E-state index in [-0.39, 0.29) is 24.3 Å². The Hall–Kier alpha value is -2.38. The van der Waals surface area contributed by atoms with Gasteiger partial charge in [-0.1, -0.05) is 13.8 Å². The molecule has 2 aliphatic heterocycles. The van der Waals surface area contributed by atoms with Crippen LogP contribution in [0.25, 0.3) is 0 Å². The lowest BCUT2D eigenvalue weighted by molar-refractivity contribution is -0.134. The summed E-state index contributed by atoms with van der Waals surface area (Å²) in [6.45, 7) is 9.41. The third-order valence-corrected chi connectivity index (χ3v) is 6.24. The summed E-state index contributed by atoms with van der Waals surface area (Å²) in [5, 5.41) is 9.69. The van der Waals surface area contributed by atoms with E-state index in [4.69, 9.17) is 0 Å². The van der Waals surface area contributed by atoms with E-state index in [0.29, 0.717) is 32.4 Å². The van der Waals surface area contributed by atoms with Gasteiger partial charge < -0.3 is 10.2 Å². The smallest absolute Gasteiger partial charge is 0.322 e. The Morgan fingerprint density at radius 3 is 2.37 bits per heavy atom. The summed E-state index contributed by atoms with van der Waals surface area (Å²) in [5.41, 5.74) is 2.40. The number of hydrogen-bond acceptors (Lipinski definition) is 4. The molecule has 1 atom stereocenters. The molecule has 4 amide bonds. The Balaban J connectivity index is 1.63. The maximum absolute atomic E-state index is 12.7. The molecule has 27 heavy (non-hydrogen) atoms. The number of hydrogen-bond donors (Lipinski definition) is 2. The zero-order valence-corrected chi connectivity index (χ0v) is 16.6. The number of likely N-dealkylation sites (tertiary alicyclic amines) is 1. The van der Waals surface area contributed by atoms with Gasteiger partial charge in [-0.15, -0.1) is 0 Å². The average molecular weight is 375 g/mol. The van der Waals surface area contributed by atoms with Crippen molar-refractivity contribution in [2.24, 2.45) is 5.92 Å². The molecule has 0 aromatic carbocycles. The first-order valence-corrected chi connectivity index (χ1v) is 9.76. The highest BCUT2D eigenvalue weighted by atomic mass is 16.2. The third kappa shape index (κ3) is 3.33. The first kappa shape index (κ1) is 19.4. The molecule has 0 aliphatic carbocycles. The number of imide groups is 1. The molecule has 3 rings (SSSR count). The molecule has 0 unspecified atom stereocenters. The monoisotopic (exact) mass is 375 g/mol. The minimum atomic E-state index is -0.835. The number of rotatable bonds is 5. The van der Waals surface area contributed by atoms with Gasteiger partial charge in [-0.2, -0.15) is 5.10 Å². The zero-order chi connectivity index (χ0) is 19.8. The zero-order valence-electron chi connectivity index (χ0n) is 16.6. The maximum atomic E-state index is 12.7. The number of carbonyl (C=O) groups is 3. The van der Waals surface area contributed by atoms with Gasteiger partial charge in [0.1, 0.15) is 12.1 Å². The van der Waals surface area contributed by atoms with Crippen molar-refractivity contribution in [3.05, 3.63) is 17.0 Å². The lowest BCUT2D eigenvalue weighted by atomic mass is 9.76. The third-order valence-electron chi connectivity index (χ3n) is 6.24. The average Bonchev–Trinajstić information content (AvgIpc) is 3.10. The molecule has 1 aromatic heterocycles. The van der Waals surface area contributed by atoms with Crippen molar-refractivity contribution in [2.75, 3.05) is 13.1 Å². The normalized spacial score (nSPS) is 23.5. The topological polar surface area (TPSA) is 96.3 Å². The molecular formula is C19H29N5O3. The SMILES string of the molecule is CCc1c(C)nn(CC(=O)N2CCC([C@@]3(CC)NC(=O)NC3=O)CC2)c1C. The van der Waals surface area contributed by atoms with Crippen LogP contribution in [-0.4, -0.2) is 51.2 Å². The Morgan fingerprint density at radius 2 is 1.89 bits per heavy atom. The van der Waals surface area contributed by atoms with E-state index >= 15 is 0 Å². The van der Waals surface area contributed by atoms with Crippen molar-refractivity contribution in [2.45, 2.75) is 65.5 Å². The van der Waals surface area contributed by atoms with Crippen molar-refractivity contribution in [3.63, 3.8) is 0 Å². The van der Waals surface area contributed by atoms with Crippen LogP contribution in [-0.2, 0) is 22.6 Å². The summed E-state index contributed by atoms with van der Waals surface area (Å²) in [6.07, 6.45) is 2.86. The number of urea groups is 1. The van der Waals surface area contributed by atoms with Crippen LogP contribution in [0.4, 0.5) is 4.79 Å². The second-order valence-corrected chi connectivity index (χ2v) is 7.55. The van der Waals surface area contributed by atoms with Crippen LogP contribution in [0.2, 0.25) is 0 Å². The highest BCUT2D eigenvalue weighted by Crippen LogP contribution is 2.33. The fraction of sp³-hybridized carbons (Fsp3) is 0.684. The summed E-state index contributed by atoms with van der Waals surface area (Å²) in [5.74, 6) is -0.153. The van der Waals surface area contributed by atoms with Crippen molar-refractivity contribution in [1.82, 2.24) is 25.3 Å². The van der Waals surface area contributed by atoms with Gasteiger partial charge in [0.15, 0.2) is 0 Å². The molecule has 0 radical (unpaired) electrons. The van der Waals surface area contributed by atoms with Crippen LogP contribution in [0.3, 0.4) is 0 Å². The number of aryl methyl sites for hydroxylation is 1. The van der Waals surface area contributed by atoms with E-state index in [2.05, 4.69) is 22.7 Å². The molecule has 0 bridgehead atoms. The first-order valence-electron chi connectivity index (χ1n) is 9.76. The maximum Gasteiger partial charge on any atom is 0.322 e. The number of nitrogens with zero attached hydrogens (tertiary/aromatic N) is 3. The van der Waals surface area contributed by atoms with Gasteiger partial charge in [-0.05, 0) is 51.0 Å². The molecule has 3 heterocycles. The van der Waals surface area contributed by atoms with Gasteiger partial charge in [-0.3, -0.25) is 19.6 Å². The van der Waals surface area contributed by atoms with Crippen LogP contribution in [0.1, 0.15) is 50.1 Å². The van der Waals surface area contributed by atoms with Gasteiger partial charge in [0.25, 0.3) is 5.91 Å². The molecule has 8 nitrogen and oxygen atoms in total. The minimum Gasteiger partial charge on any atom is -0.341 e. The Bertz CT molecular complexity index is 764. The van der Waals surface area contributed by atoms with E-state index in [1.165, 1.54) is 5.56 Å². The van der Waals surface area contributed by atoms with Gasteiger partial charge in [0.2, 0.25) is 5.91 Å². The van der Waals surface area contributed by atoms with Crippen molar-refractivity contribution >= 4 is 17.8 Å². The summed E-state index contributed by atoms with van der Waals surface area (Å²) in [4.78, 5) is 38.5. The second-order valence-electron chi connectivity index (χ2n) is 7.55. The van der Waals surface area contributed by atoms with Crippen molar-refractivity contribution in [1.29, 1.82) is 0 Å². The first-order chi connectivity index (χ1) is 12.8. The lowest BCUT2D eigenvalue weighted by Gasteiger charge is -2.40. The van der Waals surface area contributed by atoms with Crippen LogP contribution in [0.15, 0.2) is 0 Å². The molecule has 0 saturated carbocycles. The van der Waals surface area contributed by atoms with Crippen LogP contribution >= 0.6 is 0 Å². The van der Waals surface area contributed by atoms with E-state index in [0.717, 1.165) is 17.8 Å². The van der Waals surface area contributed by atoms with E-state index in [1.807, 2.05) is 25.7 Å². The van der Waals surface area contributed by atoms with Crippen LogP contribution in [0.5, 0.6) is 0 Å². The van der Waals surface area contributed by atoms with Crippen LogP contribution in [0, 0.1) is 19.8 Å². The number of aromatic nitrogens is 2. The molecule has 2 fully saturated rings. The van der Waals surface area contributed by atoms with Crippen LogP contribution < -0.4 is 10.6 Å². The Kier molecular flexibility index (Phi) is 5.26. The predicted molar refractivity (Wildman–Crippen MR) is 100 cm³/mol. The number of amides is 4. The largest absolute Gasteiger partial charge is 0.341 e. The van der Waals surface area contributed by atoms with Crippen molar-refractivity contribution in [3.8, 4) is 0 Å². The molecule has 2 saturated heterocycles. The Morgan fingerprint density at radius 1 is 1.22 bits per heavy atom. The highest BCUT2D eigenvalue weighted by molar-refractivity contribution is 6.07. The molecular weight excluding hydrogens is 346 g/mol. The molecule has 0 spiro atoms. The fourth-order valence-corrected chi connectivity index (χ4v) is 4.58. The highest BCUT2D eigenvalue weighted by Gasteiger charge is 2.51. The Labute approximate surface area is 159 Å².